The van der Waals surface area contributed by atoms with Crippen LogP contribution in [0.25, 0.3) is 26.8 Å². The fraction of sp³-hybridized carbons (Fsp3) is 0. The quantitative estimate of drug-likeness (QED) is 0.245. The molecule has 0 spiro atoms. The van der Waals surface area contributed by atoms with Gasteiger partial charge in [-0.3, -0.25) is 14.9 Å². The first-order valence-corrected chi connectivity index (χ1v) is 10.8. The second kappa shape index (κ2) is 7.86. The van der Waals surface area contributed by atoms with Gasteiger partial charge in [-0.2, -0.15) is 4.80 Å². The van der Waals surface area contributed by atoms with Crippen molar-refractivity contribution in [2.45, 2.75) is 0 Å². The van der Waals surface area contributed by atoms with Crippen molar-refractivity contribution >= 4 is 72.9 Å². The van der Waals surface area contributed by atoms with Crippen molar-refractivity contribution in [2.75, 3.05) is 5.32 Å². The van der Waals surface area contributed by atoms with E-state index in [1.54, 1.807) is 18.2 Å². The van der Waals surface area contributed by atoms with Crippen molar-refractivity contribution in [3.8, 4) is 5.69 Å². The molecule has 0 aliphatic rings. The number of nitrogens with zero attached hydrogens (tertiary/aromatic N) is 4. The van der Waals surface area contributed by atoms with Gasteiger partial charge in [0, 0.05) is 11.5 Å². The van der Waals surface area contributed by atoms with Gasteiger partial charge in [-0.1, -0.05) is 53.5 Å². The first kappa shape index (κ1) is 20.4. The Kier molecular flexibility index (Phi) is 5.01. The molecule has 0 bridgehead atoms. The number of fused-ring (bicyclic) bond motifs is 2. The zero-order valence-corrected chi connectivity index (χ0v) is 18.3. The number of thiophene rings is 1. The summed E-state index contributed by atoms with van der Waals surface area (Å²) in [6.45, 7) is 0. The van der Waals surface area contributed by atoms with Crippen LogP contribution in [-0.2, 0) is 0 Å². The van der Waals surface area contributed by atoms with Crippen LogP contribution < -0.4 is 5.32 Å². The number of hydrogen-bond donors (Lipinski definition) is 1. The first-order valence-electron chi connectivity index (χ1n) is 9.21. The predicted molar refractivity (Wildman–Crippen MR) is 125 cm³/mol. The summed E-state index contributed by atoms with van der Waals surface area (Å²) in [6, 6.07) is 17.1. The zero-order valence-electron chi connectivity index (χ0n) is 16.0. The van der Waals surface area contributed by atoms with Gasteiger partial charge in [0.2, 0.25) is 0 Å². The number of hydrogen-bond acceptors (Lipinski definition) is 6. The lowest BCUT2D eigenvalue weighted by Gasteiger charge is -2.06. The third-order valence-electron chi connectivity index (χ3n) is 4.74. The number of nitro groups is 1. The summed E-state index contributed by atoms with van der Waals surface area (Å²) in [4.78, 5) is 25.4. The molecular formula is C21H11Cl2N5O3S. The van der Waals surface area contributed by atoms with E-state index in [1.165, 1.54) is 16.9 Å². The van der Waals surface area contributed by atoms with Crippen molar-refractivity contribution in [3.05, 3.63) is 85.7 Å². The second-order valence-electron chi connectivity index (χ2n) is 6.76. The number of amides is 1. The largest absolute Gasteiger partial charge is 0.320 e. The molecule has 1 amide bonds. The highest BCUT2D eigenvalue weighted by Gasteiger charge is 2.23. The number of aromatic nitrogens is 3. The molecule has 0 aliphatic carbocycles. The first-order chi connectivity index (χ1) is 15.4. The highest BCUT2D eigenvalue weighted by Crippen LogP contribution is 2.40. The molecule has 0 saturated carbocycles. The summed E-state index contributed by atoms with van der Waals surface area (Å²) in [5, 5.41) is 23.8. The van der Waals surface area contributed by atoms with Gasteiger partial charge in [0.1, 0.15) is 20.6 Å². The molecule has 2 heterocycles. The maximum atomic E-state index is 12.9. The number of rotatable bonds is 4. The fourth-order valence-corrected chi connectivity index (χ4v) is 4.95. The van der Waals surface area contributed by atoms with Gasteiger partial charge in [-0.25, -0.2) is 0 Å². The number of anilines is 1. The Bertz CT molecular complexity index is 1530. The molecule has 3 aromatic carbocycles. The monoisotopic (exact) mass is 483 g/mol. The molecular weight excluding hydrogens is 473 g/mol. The maximum absolute atomic E-state index is 12.9. The maximum Gasteiger partial charge on any atom is 0.287 e. The average Bonchev–Trinajstić information content (AvgIpc) is 3.35. The molecule has 0 unspecified atom stereocenters. The fourth-order valence-electron chi connectivity index (χ4n) is 3.25. The second-order valence-corrected chi connectivity index (χ2v) is 8.56. The minimum Gasteiger partial charge on any atom is -0.320 e. The van der Waals surface area contributed by atoms with Crippen molar-refractivity contribution in [3.63, 3.8) is 0 Å². The molecule has 5 aromatic rings. The number of carbonyl (C=O) groups is 1. The number of non-ortho nitro benzene ring substituents is 1. The van der Waals surface area contributed by atoms with Gasteiger partial charge in [0.05, 0.1) is 26.3 Å². The van der Waals surface area contributed by atoms with E-state index < -0.39 is 10.8 Å². The third kappa shape index (κ3) is 3.46. The summed E-state index contributed by atoms with van der Waals surface area (Å²) >= 11 is 13.7. The van der Waals surface area contributed by atoms with Gasteiger partial charge in [-0.05, 0) is 24.3 Å². The smallest absolute Gasteiger partial charge is 0.287 e. The molecule has 0 atom stereocenters. The van der Waals surface area contributed by atoms with Crippen molar-refractivity contribution < 1.29 is 9.72 Å². The molecule has 0 aliphatic heterocycles. The van der Waals surface area contributed by atoms with Crippen LogP contribution in [-0.4, -0.2) is 25.8 Å². The lowest BCUT2D eigenvalue weighted by Crippen LogP contribution is -2.11. The molecule has 2 aromatic heterocycles. The van der Waals surface area contributed by atoms with Crippen molar-refractivity contribution in [1.29, 1.82) is 0 Å². The van der Waals surface area contributed by atoms with E-state index in [-0.39, 0.29) is 20.6 Å². The molecule has 8 nitrogen and oxygen atoms in total. The van der Waals surface area contributed by atoms with E-state index >= 15 is 0 Å². The van der Waals surface area contributed by atoms with Gasteiger partial charge in [0.15, 0.2) is 0 Å². The molecule has 158 valence electrons. The molecule has 0 radical (unpaired) electrons. The molecule has 11 heteroatoms. The third-order valence-corrected chi connectivity index (χ3v) is 6.79. The number of para-hydroxylation sites is 1. The molecule has 5 rings (SSSR count). The summed E-state index contributed by atoms with van der Waals surface area (Å²) in [6.07, 6.45) is 0. The Labute approximate surface area is 194 Å². The van der Waals surface area contributed by atoms with Crippen molar-refractivity contribution in [2.24, 2.45) is 0 Å². The van der Waals surface area contributed by atoms with Gasteiger partial charge in [-0.15, -0.1) is 21.5 Å². The van der Waals surface area contributed by atoms with Crippen LogP contribution in [0.1, 0.15) is 9.67 Å². The normalized spacial score (nSPS) is 11.2. The van der Waals surface area contributed by atoms with Crippen LogP contribution in [0.3, 0.4) is 0 Å². The number of benzene rings is 3. The minimum atomic E-state index is -0.526. The minimum absolute atomic E-state index is 0.106. The average molecular weight is 484 g/mol. The van der Waals surface area contributed by atoms with Gasteiger partial charge in [0.25, 0.3) is 11.6 Å². The number of nitrogens with one attached hydrogen (secondary N) is 1. The number of halogens is 2. The van der Waals surface area contributed by atoms with E-state index in [1.807, 2.05) is 30.3 Å². The zero-order chi connectivity index (χ0) is 22.4. The van der Waals surface area contributed by atoms with Crippen molar-refractivity contribution in [1.82, 2.24) is 15.0 Å². The Balaban J connectivity index is 1.51. The van der Waals surface area contributed by atoms with E-state index in [9.17, 15) is 14.9 Å². The highest BCUT2D eigenvalue weighted by atomic mass is 35.5. The molecule has 0 fully saturated rings. The summed E-state index contributed by atoms with van der Waals surface area (Å²) in [5.74, 6) is -0.526. The molecule has 0 saturated heterocycles. The highest BCUT2D eigenvalue weighted by molar-refractivity contribution is 7.22. The summed E-state index contributed by atoms with van der Waals surface area (Å²) < 4.78 is 0.333. The van der Waals surface area contributed by atoms with Crippen LogP contribution in [0.5, 0.6) is 0 Å². The number of carbonyl (C=O) groups excluding carboxylic acids is 1. The van der Waals surface area contributed by atoms with Crippen LogP contribution in [0.2, 0.25) is 10.0 Å². The Morgan fingerprint density at radius 2 is 1.75 bits per heavy atom. The van der Waals surface area contributed by atoms with E-state index in [0.717, 1.165) is 17.0 Å². The van der Waals surface area contributed by atoms with E-state index in [2.05, 4.69) is 15.5 Å². The van der Waals surface area contributed by atoms with E-state index in [4.69, 9.17) is 23.2 Å². The van der Waals surface area contributed by atoms with Crippen LogP contribution in [0, 0.1) is 10.1 Å². The molecule has 32 heavy (non-hydrogen) atoms. The van der Waals surface area contributed by atoms with Gasteiger partial charge < -0.3 is 5.32 Å². The predicted octanol–water partition coefficient (Wildman–Crippen LogP) is 6.10. The van der Waals surface area contributed by atoms with Gasteiger partial charge >= 0.3 is 0 Å². The molecule has 1 N–H and O–H groups in total. The lowest BCUT2D eigenvalue weighted by molar-refractivity contribution is -0.382. The van der Waals surface area contributed by atoms with Crippen LogP contribution >= 0.6 is 34.5 Å². The number of nitro benzene ring substituents is 1. The topological polar surface area (TPSA) is 103 Å². The Morgan fingerprint density at radius 1 is 1.03 bits per heavy atom. The summed E-state index contributed by atoms with van der Waals surface area (Å²) in [7, 11) is 0. The standard InChI is InChI=1S/C21H11Cl2N5O3S/c22-13-9-15-16(26-27(25-15)11-5-2-1-3-6-11)10-14(13)24-21(29)20-18(23)12-7-4-8-17(28(30)31)19(12)32-20/h1-10H,(H,24,29). The summed E-state index contributed by atoms with van der Waals surface area (Å²) in [5.41, 5.74) is 2.10. The lowest BCUT2D eigenvalue weighted by atomic mass is 10.2. The Morgan fingerprint density at radius 3 is 2.47 bits per heavy atom. The Hall–Kier alpha value is -3.53. The van der Waals surface area contributed by atoms with Crippen LogP contribution in [0.15, 0.2) is 60.7 Å². The van der Waals surface area contributed by atoms with Crippen LogP contribution in [0.4, 0.5) is 11.4 Å². The van der Waals surface area contributed by atoms with E-state index in [0.29, 0.717) is 26.8 Å². The SMILES string of the molecule is O=C(Nc1cc2nn(-c3ccccc3)nc2cc1Cl)c1sc2c([N+](=O)[O-])cccc2c1Cl.